The molecule has 0 spiro atoms. The van der Waals surface area contributed by atoms with Crippen LogP contribution in [-0.4, -0.2) is 32.9 Å². The van der Waals surface area contributed by atoms with Crippen molar-refractivity contribution in [1.29, 1.82) is 0 Å². The highest BCUT2D eigenvalue weighted by Gasteiger charge is 2.36. The Morgan fingerprint density at radius 1 is 1.61 bits per heavy atom. The number of aromatic nitrogens is 2. The van der Waals surface area contributed by atoms with Crippen LogP contribution in [0.3, 0.4) is 0 Å². The highest BCUT2D eigenvalue weighted by Crippen LogP contribution is 2.31. The number of aliphatic hydroxyl groups is 1. The van der Waals surface area contributed by atoms with Gasteiger partial charge in [0.15, 0.2) is 5.82 Å². The smallest absolute Gasteiger partial charge is 0.254 e. The molecule has 1 heterocycles. The third kappa shape index (κ3) is 2.15. The van der Waals surface area contributed by atoms with Crippen molar-refractivity contribution in [2.75, 3.05) is 5.73 Å². The molecule has 1 fully saturated rings. The summed E-state index contributed by atoms with van der Waals surface area (Å²) in [5.74, 6) is -0.550. The number of nitrogen functional groups attached to an aromatic ring is 1. The second kappa shape index (κ2) is 4.66. The molecule has 0 aliphatic heterocycles. The molecule has 0 saturated heterocycles. The molecule has 1 aromatic rings. The molecule has 18 heavy (non-hydrogen) atoms. The molecule has 1 unspecified atom stereocenters. The summed E-state index contributed by atoms with van der Waals surface area (Å²) >= 11 is 0. The highest BCUT2D eigenvalue weighted by atomic mass is 16.3. The number of carbonyl (C=O) groups excluding carboxylic acids is 1. The third-order valence-corrected chi connectivity index (χ3v) is 3.28. The molecule has 1 aliphatic rings. The maximum atomic E-state index is 11.1. The van der Waals surface area contributed by atoms with E-state index in [1.807, 2.05) is 0 Å². The number of nitrogens with two attached hydrogens (primary N) is 2. The molecule has 1 saturated carbocycles. The number of aliphatic hydroxyl groups excluding tert-OH is 1. The van der Waals surface area contributed by atoms with Crippen LogP contribution in [0.1, 0.15) is 35.7 Å². The summed E-state index contributed by atoms with van der Waals surface area (Å²) in [5, 5.41) is 13.6. The Labute approximate surface area is 104 Å². The lowest BCUT2D eigenvalue weighted by Crippen LogP contribution is -2.32. The molecule has 3 atom stereocenters. The lowest BCUT2D eigenvalue weighted by molar-refractivity contribution is 0.0994. The molecule has 1 aromatic heterocycles. The van der Waals surface area contributed by atoms with Gasteiger partial charge in [0.05, 0.1) is 12.5 Å². The second-order valence-electron chi connectivity index (χ2n) is 4.50. The fourth-order valence-corrected chi connectivity index (χ4v) is 2.32. The molecule has 7 nitrogen and oxygen atoms in total. The Morgan fingerprint density at radius 2 is 2.33 bits per heavy atom. The highest BCUT2D eigenvalue weighted by molar-refractivity contribution is 5.96. The first kappa shape index (κ1) is 12.4. The molecule has 0 radical (unpaired) electrons. The predicted molar refractivity (Wildman–Crippen MR) is 64.4 cm³/mol. The zero-order valence-electron chi connectivity index (χ0n) is 9.78. The Hall–Kier alpha value is -2.07. The lowest BCUT2D eigenvalue weighted by Gasteiger charge is -2.26. The summed E-state index contributed by atoms with van der Waals surface area (Å²) < 4.78 is 1.53. The van der Waals surface area contributed by atoms with Crippen LogP contribution in [0.5, 0.6) is 0 Å². The van der Waals surface area contributed by atoms with Gasteiger partial charge in [-0.05, 0) is 12.8 Å². The van der Waals surface area contributed by atoms with Crippen LogP contribution >= 0.6 is 0 Å². The number of hydrogen-bond acceptors (Lipinski definition) is 4. The van der Waals surface area contributed by atoms with Gasteiger partial charge in [0.2, 0.25) is 6.04 Å². The first-order valence-electron chi connectivity index (χ1n) is 5.72. The number of rotatable bonds is 2. The van der Waals surface area contributed by atoms with E-state index >= 15 is 0 Å². The maximum Gasteiger partial charge on any atom is 0.254 e. The molecule has 2 rings (SSSR count). The van der Waals surface area contributed by atoms with Crippen LogP contribution in [0.15, 0.2) is 6.20 Å². The minimum Gasteiger partial charge on any atom is -0.393 e. The molecular formula is C11H15N5O2. The summed E-state index contributed by atoms with van der Waals surface area (Å²) in [6.45, 7) is 7.16. The van der Waals surface area contributed by atoms with Crippen molar-refractivity contribution in [2.24, 2.45) is 5.73 Å². The monoisotopic (exact) mass is 249 g/mol. The zero-order valence-corrected chi connectivity index (χ0v) is 9.78. The second-order valence-corrected chi connectivity index (χ2v) is 4.50. The number of amides is 1. The minimum absolute atomic E-state index is 0.0809. The molecule has 0 aromatic carbocycles. The van der Waals surface area contributed by atoms with Gasteiger partial charge in [-0.25, -0.2) is 6.57 Å². The largest absolute Gasteiger partial charge is 0.393 e. The summed E-state index contributed by atoms with van der Waals surface area (Å²) in [6.07, 6.45) is 2.71. The molecule has 1 amide bonds. The van der Waals surface area contributed by atoms with Gasteiger partial charge in [-0.3, -0.25) is 9.48 Å². The van der Waals surface area contributed by atoms with E-state index < -0.39 is 12.0 Å². The fraction of sp³-hybridized carbons (Fsp3) is 0.545. The predicted octanol–water partition coefficient (Wildman–Crippen LogP) is -0.0620. The van der Waals surface area contributed by atoms with Crippen molar-refractivity contribution in [2.45, 2.75) is 37.5 Å². The van der Waals surface area contributed by atoms with E-state index in [0.29, 0.717) is 19.3 Å². The summed E-state index contributed by atoms with van der Waals surface area (Å²) in [4.78, 5) is 14.6. The van der Waals surface area contributed by atoms with Gasteiger partial charge >= 0.3 is 0 Å². The van der Waals surface area contributed by atoms with E-state index in [-0.39, 0.29) is 23.5 Å². The topological polar surface area (TPSA) is 112 Å². The normalized spacial score (nSPS) is 27.7. The standard InChI is InChI=1S/C11H15N5O2/c1-14-8-4-6(17)2-3-9(8)16-5-7(11(13)18)10(12)15-16/h5-6,8-9,17H,2-4H2,(H2,12,15)(H2,13,18)/t6?,8-,9-/m0/s1. The van der Waals surface area contributed by atoms with Crippen LogP contribution in [0.25, 0.3) is 4.85 Å². The average Bonchev–Trinajstić information content (AvgIpc) is 2.71. The fourth-order valence-electron chi connectivity index (χ4n) is 2.32. The Balaban J connectivity index is 2.28. The van der Waals surface area contributed by atoms with E-state index in [0.717, 1.165) is 0 Å². The van der Waals surface area contributed by atoms with Crippen molar-refractivity contribution in [3.63, 3.8) is 0 Å². The van der Waals surface area contributed by atoms with Crippen molar-refractivity contribution < 1.29 is 9.90 Å². The number of hydrogen-bond donors (Lipinski definition) is 3. The number of primary amides is 1. The van der Waals surface area contributed by atoms with Crippen LogP contribution in [-0.2, 0) is 0 Å². The van der Waals surface area contributed by atoms with E-state index in [1.165, 1.54) is 10.9 Å². The van der Waals surface area contributed by atoms with Crippen molar-refractivity contribution in [3.05, 3.63) is 23.2 Å². The van der Waals surface area contributed by atoms with E-state index in [9.17, 15) is 9.90 Å². The van der Waals surface area contributed by atoms with Crippen molar-refractivity contribution in [3.8, 4) is 0 Å². The number of anilines is 1. The molecule has 1 aliphatic carbocycles. The Kier molecular flexibility index (Phi) is 3.21. The molecule has 5 N–H and O–H groups in total. The van der Waals surface area contributed by atoms with Crippen LogP contribution < -0.4 is 11.5 Å². The van der Waals surface area contributed by atoms with Gasteiger partial charge in [-0.1, -0.05) is 0 Å². The molecule has 96 valence electrons. The number of carbonyl (C=O) groups is 1. The third-order valence-electron chi connectivity index (χ3n) is 3.28. The van der Waals surface area contributed by atoms with Gasteiger partial charge in [0.25, 0.3) is 5.91 Å². The van der Waals surface area contributed by atoms with Gasteiger partial charge in [-0.2, -0.15) is 5.10 Å². The maximum absolute atomic E-state index is 11.1. The van der Waals surface area contributed by atoms with Crippen molar-refractivity contribution in [1.82, 2.24) is 9.78 Å². The lowest BCUT2D eigenvalue weighted by atomic mass is 9.89. The molecular weight excluding hydrogens is 234 g/mol. The first-order chi connectivity index (χ1) is 8.52. The summed E-state index contributed by atoms with van der Waals surface area (Å²) in [7, 11) is 0. The zero-order chi connectivity index (χ0) is 13.3. The molecule has 0 bridgehead atoms. The van der Waals surface area contributed by atoms with Crippen LogP contribution in [0.2, 0.25) is 0 Å². The minimum atomic E-state index is -0.631. The number of nitrogens with zero attached hydrogens (tertiary/aromatic N) is 3. The van der Waals surface area contributed by atoms with Gasteiger partial charge in [0.1, 0.15) is 11.6 Å². The SMILES string of the molecule is [C-]#[N+][C@H]1CC(O)CC[C@@H]1n1cc(C(N)=O)c(N)n1. The van der Waals surface area contributed by atoms with Crippen LogP contribution in [0, 0.1) is 6.57 Å². The molecule has 7 heteroatoms. The van der Waals surface area contributed by atoms with Gasteiger partial charge < -0.3 is 21.4 Å². The first-order valence-corrected chi connectivity index (χ1v) is 5.72. The summed E-state index contributed by atoms with van der Waals surface area (Å²) in [5.41, 5.74) is 10.9. The van der Waals surface area contributed by atoms with Gasteiger partial charge in [-0.15, -0.1) is 0 Å². The van der Waals surface area contributed by atoms with E-state index in [4.69, 9.17) is 18.0 Å². The Morgan fingerprint density at radius 3 is 2.89 bits per heavy atom. The van der Waals surface area contributed by atoms with Gasteiger partial charge in [0, 0.05) is 6.20 Å². The van der Waals surface area contributed by atoms with E-state index in [2.05, 4.69) is 9.94 Å². The Bertz CT molecular complexity index is 504. The summed E-state index contributed by atoms with van der Waals surface area (Å²) in [6, 6.07) is -0.518. The quantitative estimate of drug-likeness (QED) is 0.637. The van der Waals surface area contributed by atoms with Crippen LogP contribution in [0.4, 0.5) is 5.82 Å². The average molecular weight is 249 g/mol. The van der Waals surface area contributed by atoms with E-state index in [1.54, 1.807) is 0 Å². The van der Waals surface area contributed by atoms with Crippen molar-refractivity contribution >= 4 is 11.7 Å².